The van der Waals surface area contributed by atoms with Crippen LogP contribution in [0.3, 0.4) is 0 Å². The first-order valence-corrected chi connectivity index (χ1v) is 6.20. The molecular formula is C13H21N3. The molecule has 1 N–H and O–H groups in total. The number of aromatic nitrogens is 2. The zero-order valence-corrected chi connectivity index (χ0v) is 10.5. The molecule has 1 heterocycles. The molecule has 0 spiro atoms. The summed E-state index contributed by atoms with van der Waals surface area (Å²) in [6, 6.07) is 2.08. The quantitative estimate of drug-likeness (QED) is 0.826. The Labute approximate surface area is 97.7 Å². The third-order valence-electron chi connectivity index (χ3n) is 2.73. The predicted molar refractivity (Wildman–Crippen MR) is 65.3 cm³/mol. The lowest BCUT2D eigenvalue weighted by molar-refractivity contribution is 0.546. The molecule has 3 nitrogen and oxygen atoms in total. The van der Waals surface area contributed by atoms with Crippen molar-refractivity contribution >= 4 is 0 Å². The molecule has 1 aliphatic carbocycles. The van der Waals surface area contributed by atoms with Gasteiger partial charge in [-0.05, 0) is 38.3 Å². The molecule has 1 aromatic heterocycles. The van der Waals surface area contributed by atoms with E-state index < -0.39 is 0 Å². The maximum absolute atomic E-state index is 4.62. The van der Waals surface area contributed by atoms with E-state index in [-0.39, 0.29) is 0 Å². The Morgan fingerprint density at radius 3 is 2.75 bits per heavy atom. The zero-order valence-electron chi connectivity index (χ0n) is 10.5. The van der Waals surface area contributed by atoms with Gasteiger partial charge in [0.05, 0.1) is 5.69 Å². The highest BCUT2D eigenvalue weighted by atomic mass is 14.9. The minimum atomic E-state index is 0.642. The summed E-state index contributed by atoms with van der Waals surface area (Å²) in [7, 11) is 0. The smallest absolute Gasteiger partial charge is 0.131 e. The van der Waals surface area contributed by atoms with E-state index in [1.54, 1.807) is 0 Å². The second kappa shape index (κ2) is 4.91. The van der Waals surface area contributed by atoms with Gasteiger partial charge in [0.25, 0.3) is 0 Å². The minimum Gasteiger partial charge on any atom is -0.311 e. The SMILES string of the molecule is Cc1cc(CNCC(C)C)nc(C2CC2)n1. The van der Waals surface area contributed by atoms with Gasteiger partial charge in [-0.2, -0.15) is 0 Å². The van der Waals surface area contributed by atoms with Crippen LogP contribution < -0.4 is 5.32 Å². The van der Waals surface area contributed by atoms with Gasteiger partial charge in [0.15, 0.2) is 0 Å². The number of rotatable bonds is 5. The monoisotopic (exact) mass is 219 g/mol. The number of aryl methyl sites for hydroxylation is 1. The normalized spacial score (nSPS) is 15.8. The largest absolute Gasteiger partial charge is 0.311 e. The fourth-order valence-corrected chi connectivity index (χ4v) is 1.76. The molecule has 0 atom stereocenters. The Balaban J connectivity index is 1.97. The zero-order chi connectivity index (χ0) is 11.5. The first kappa shape index (κ1) is 11.5. The molecule has 1 aromatic rings. The third kappa shape index (κ3) is 3.27. The molecule has 0 saturated heterocycles. The van der Waals surface area contributed by atoms with Crippen LogP contribution in [0.25, 0.3) is 0 Å². The highest BCUT2D eigenvalue weighted by Gasteiger charge is 2.26. The first-order chi connectivity index (χ1) is 7.65. The highest BCUT2D eigenvalue weighted by molar-refractivity contribution is 5.14. The van der Waals surface area contributed by atoms with E-state index in [9.17, 15) is 0 Å². The number of nitrogens with one attached hydrogen (secondary N) is 1. The summed E-state index contributed by atoms with van der Waals surface area (Å²) in [6.07, 6.45) is 2.53. The highest BCUT2D eigenvalue weighted by Crippen LogP contribution is 2.37. The topological polar surface area (TPSA) is 37.8 Å². The summed E-state index contributed by atoms with van der Waals surface area (Å²) in [5.74, 6) is 2.39. The van der Waals surface area contributed by atoms with Gasteiger partial charge in [-0.15, -0.1) is 0 Å². The van der Waals surface area contributed by atoms with Crippen molar-refractivity contribution in [2.45, 2.75) is 46.1 Å². The Morgan fingerprint density at radius 2 is 2.12 bits per heavy atom. The fraction of sp³-hybridized carbons (Fsp3) is 0.692. The van der Waals surface area contributed by atoms with Gasteiger partial charge in [-0.25, -0.2) is 9.97 Å². The molecular weight excluding hydrogens is 198 g/mol. The summed E-state index contributed by atoms with van der Waals surface area (Å²) >= 11 is 0. The lowest BCUT2D eigenvalue weighted by Gasteiger charge is -2.08. The minimum absolute atomic E-state index is 0.642. The molecule has 1 saturated carbocycles. The summed E-state index contributed by atoms with van der Waals surface area (Å²) < 4.78 is 0. The van der Waals surface area contributed by atoms with Gasteiger partial charge in [-0.1, -0.05) is 13.8 Å². The van der Waals surface area contributed by atoms with Crippen molar-refractivity contribution in [1.29, 1.82) is 0 Å². The standard InChI is InChI=1S/C13H21N3/c1-9(2)7-14-8-12-6-10(3)15-13(16-12)11-4-5-11/h6,9,11,14H,4-5,7-8H2,1-3H3. The predicted octanol–water partition coefficient (Wildman–Crippen LogP) is 2.41. The second-order valence-electron chi connectivity index (χ2n) is 5.16. The molecule has 0 aromatic carbocycles. The molecule has 3 heteroatoms. The van der Waals surface area contributed by atoms with E-state index >= 15 is 0 Å². The lowest BCUT2D eigenvalue weighted by atomic mass is 10.2. The number of nitrogens with zero attached hydrogens (tertiary/aromatic N) is 2. The van der Waals surface area contributed by atoms with Crippen molar-refractivity contribution in [2.24, 2.45) is 5.92 Å². The van der Waals surface area contributed by atoms with Crippen molar-refractivity contribution in [3.05, 3.63) is 23.3 Å². The van der Waals surface area contributed by atoms with E-state index in [0.29, 0.717) is 11.8 Å². The number of hydrogen-bond donors (Lipinski definition) is 1. The summed E-state index contributed by atoms with van der Waals surface area (Å²) in [4.78, 5) is 9.12. The second-order valence-corrected chi connectivity index (χ2v) is 5.16. The van der Waals surface area contributed by atoms with E-state index in [2.05, 4.69) is 42.1 Å². The van der Waals surface area contributed by atoms with Crippen LogP contribution in [-0.2, 0) is 6.54 Å². The molecule has 88 valence electrons. The third-order valence-corrected chi connectivity index (χ3v) is 2.73. The van der Waals surface area contributed by atoms with Crippen LogP contribution >= 0.6 is 0 Å². The maximum Gasteiger partial charge on any atom is 0.131 e. The molecule has 0 unspecified atom stereocenters. The van der Waals surface area contributed by atoms with Gasteiger partial charge < -0.3 is 5.32 Å². The Morgan fingerprint density at radius 1 is 1.38 bits per heavy atom. The van der Waals surface area contributed by atoms with Crippen molar-refractivity contribution in [1.82, 2.24) is 15.3 Å². The Bertz CT molecular complexity index is 356. The van der Waals surface area contributed by atoms with E-state index in [1.165, 1.54) is 12.8 Å². The van der Waals surface area contributed by atoms with Gasteiger partial charge in [0.2, 0.25) is 0 Å². The van der Waals surface area contributed by atoms with Crippen molar-refractivity contribution < 1.29 is 0 Å². The molecule has 0 aliphatic heterocycles. The summed E-state index contributed by atoms with van der Waals surface area (Å²) in [5, 5.41) is 3.42. The van der Waals surface area contributed by atoms with Crippen LogP contribution in [0.4, 0.5) is 0 Å². The van der Waals surface area contributed by atoms with Crippen molar-refractivity contribution in [3.63, 3.8) is 0 Å². The van der Waals surface area contributed by atoms with E-state index in [4.69, 9.17) is 0 Å². The molecule has 0 amide bonds. The average molecular weight is 219 g/mol. The van der Waals surface area contributed by atoms with Crippen LogP contribution in [0.15, 0.2) is 6.07 Å². The van der Waals surface area contributed by atoms with Crippen LogP contribution in [0.2, 0.25) is 0 Å². The molecule has 1 fully saturated rings. The van der Waals surface area contributed by atoms with Crippen LogP contribution in [0, 0.1) is 12.8 Å². The molecule has 1 aliphatic rings. The molecule has 0 radical (unpaired) electrons. The molecule has 2 rings (SSSR count). The van der Waals surface area contributed by atoms with E-state index in [1.807, 2.05) is 0 Å². The van der Waals surface area contributed by atoms with Gasteiger partial charge in [0, 0.05) is 18.2 Å². The lowest BCUT2D eigenvalue weighted by Crippen LogP contribution is -2.20. The van der Waals surface area contributed by atoms with Crippen molar-refractivity contribution in [2.75, 3.05) is 6.54 Å². The molecule has 16 heavy (non-hydrogen) atoms. The maximum atomic E-state index is 4.62. The fourth-order valence-electron chi connectivity index (χ4n) is 1.76. The van der Waals surface area contributed by atoms with Gasteiger partial charge in [-0.3, -0.25) is 0 Å². The average Bonchev–Trinajstić information content (AvgIpc) is 2.99. The van der Waals surface area contributed by atoms with Crippen LogP contribution in [-0.4, -0.2) is 16.5 Å². The van der Waals surface area contributed by atoms with Crippen LogP contribution in [0.5, 0.6) is 0 Å². The summed E-state index contributed by atoms with van der Waals surface area (Å²) in [5.41, 5.74) is 2.23. The van der Waals surface area contributed by atoms with Crippen molar-refractivity contribution in [3.8, 4) is 0 Å². The van der Waals surface area contributed by atoms with Crippen LogP contribution in [0.1, 0.15) is 49.8 Å². The molecule has 0 bridgehead atoms. The Hall–Kier alpha value is -0.960. The van der Waals surface area contributed by atoms with Gasteiger partial charge in [0.1, 0.15) is 5.82 Å². The first-order valence-electron chi connectivity index (χ1n) is 6.20. The van der Waals surface area contributed by atoms with E-state index in [0.717, 1.165) is 30.3 Å². The Kier molecular flexibility index (Phi) is 3.54. The van der Waals surface area contributed by atoms with Gasteiger partial charge >= 0.3 is 0 Å². The number of hydrogen-bond acceptors (Lipinski definition) is 3. The summed E-state index contributed by atoms with van der Waals surface area (Å²) in [6.45, 7) is 8.39.